The molecule has 94 valence electrons. The summed E-state index contributed by atoms with van der Waals surface area (Å²) < 4.78 is 5.65. The van der Waals surface area contributed by atoms with E-state index in [2.05, 4.69) is 21.5 Å². The maximum absolute atomic E-state index is 6.16. The molecule has 2 unspecified atom stereocenters. The lowest BCUT2D eigenvalue weighted by Gasteiger charge is -2.27. The lowest BCUT2D eigenvalue weighted by molar-refractivity contribution is 0.259. The fourth-order valence-electron chi connectivity index (χ4n) is 2.48. The molecule has 3 N–H and O–H groups in total. The van der Waals surface area contributed by atoms with Gasteiger partial charge in [-0.3, -0.25) is 0 Å². The van der Waals surface area contributed by atoms with Gasteiger partial charge in [-0.15, -0.1) is 0 Å². The topological polar surface area (TPSA) is 76.8 Å². The van der Waals surface area contributed by atoms with Crippen LogP contribution in [-0.2, 0) is 0 Å². The molecule has 1 aliphatic rings. The molecule has 0 radical (unpaired) electrons. The number of nitrogens with zero attached hydrogens (tertiary/aromatic N) is 2. The van der Waals surface area contributed by atoms with Crippen LogP contribution in [0.5, 0.6) is 5.75 Å². The minimum Gasteiger partial charge on any atom is -0.493 e. The highest BCUT2D eigenvalue weighted by Crippen LogP contribution is 2.37. The molecule has 0 fully saturated rings. The van der Waals surface area contributed by atoms with E-state index in [1.54, 1.807) is 6.20 Å². The zero-order valence-electron chi connectivity index (χ0n) is 10.0. The van der Waals surface area contributed by atoms with Crippen molar-refractivity contribution in [1.29, 1.82) is 0 Å². The predicted molar refractivity (Wildman–Crippen MR) is 67.2 cm³/mol. The van der Waals surface area contributed by atoms with Crippen LogP contribution in [0.25, 0.3) is 0 Å². The summed E-state index contributed by atoms with van der Waals surface area (Å²) >= 11 is 0. The van der Waals surface area contributed by atoms with Crippen LogP contribution in [0.2, 0.25) is 0 Å². The number of ether oxygens (including phenoxy) is 1. The van der Waals surface area contributed by atoms with Crippen molar-refractivity contribution in [3.05, 3.63) is 41.7 Å². The average molecular weight is 244 g/mol. The molecule has 0 amide bonds. The smallest absolute Gasteiger partial charge is 0.122 e. The monoisotopic (exact) mass is 244 g/mol. The fraction of sp³-hybridized carbons (Fsp3) is 0.385. The van der Waals surface area contributed by atoms with Gasteiger partial charge in [-0.2, -0.15) is 15.4 Å². The van der Waals surface area contributed by atoms with Crippen molar-refractivity contribution in [3.63, 3.8) is 0 Å². The minimum absolute atomic E-state index is 0.0834. The van der Waals surface area contributed by atoms with Crippen molar-refractivity contribution in [3.8, 4) is 5.75 Å². The molecule has 0 saturated heterocycles. The molecule has 1 aromatic heterocycles. The van der Waals surface area contributed by atoms with Gasteiger partial charge in [0.25, 0.3) is 0 Å². The molecule has 3 rings (SSSR count). The van der Waals surface area contributed by atoms with Gasteiger partial charge >= 0.3 is 0 Å². The van der Waals surface area contributed by atoms with Crippen molar-refractivity contribution >= 4 is 0 Å². The quantitative estimate of drug-likeness (QED) is 0.862. The zero-order chi connectivity index (χ0) is 12.4. The van der Waals surface area contributed by atoms with Gasteiger partial charge in [0.1, 0.15) is 5.75 Å². The van der Waals surface area contributed by atoms with Gasteiger partial charge in [0.05, 0.1) is 24.5 Å². The third-order valence-electron chi connectivity index (χ3n) is 3.43. The Morgan fingerprint density at radius 1 is 1.44 bits per heavy atom. The van der Waals surface area contributed by atoms with Gasteiger partial charge in [-0.05, 0) is 30.4 Å². The standard InChI is InChI=1S/C13H16N4O/c14-11(12-8-15-17-16-12)7-9-5-6-18-13-4-2-1-3-10(9)13/h1-4,8-9,11H,5-7,14H2,(H,15,16,17). The van der Waals surface area contributed by atoms with Crippen LogP contribution < -0.4 is 10.5 Å². The van der Waals surface area contributed by atoms with Gasteiger partial charge in [0, 0.05) is 0 Å². The van der Waals surface area contributed by atoms with Gasteiger partial charge < -0.3 is 10.5 Å². The number of nitrogens with one attached hydrogen (secondary N) is 1. The third kappa shape index (κ3) is 2.09. The predicted octanol–water partition coefficient (Wildman–Crippen LogP) is 1.76. The summed E-state index contributed by atoms with van der Waals surface area (Å²) in [5, 5.41) is 10.4. The van der Waals surface area contributed by atoms with Crippen molar-refractivity contribution in [2.24, 2.45) is 5.73 Å². The third-order valence-corrected chi connectivity index (χ3v) is 3.43. The van der Waals surface area contributed by atoms with Crippen molar-refractivity contribution in [2.45, 2.75) is 24.8 Å². The summed E-state index contributed by atoms with van der Waals surface area (Å²) in [6, 6.07) is 8.10. The number of aromatic amines is 1. The van der Waals surface area contributed by atoms with E-state index in [9.17, 15) is 0 Å². The number of hydrogen-bond acceptors (Lipinski definition) is 4. The van der Waals surface area contributed by atoms with Gasteiger partial charge in [-0.25, -0.2) is 0 Å². The van der Waals surface area contributed by atoms with Crippen molar-refractivity contribution in [1.82, 2.24) is 15.4 Å². The van der Waals surface area contributed by atoms with Crippen LogP contribution in [-0.4, -0.2) is 22.0 Å². The maximum Gasteiger partial charge on any atom is 0.122 e. The zero-order valence-corrected chi connectivity index (χ0v) is 10.0. The number of H-pyrrole nitrogens is 1. The van der Waals surface area contributed by atoms with E-state index in [0.29, 0.717) is 5.92 Å². The highest BCUT2D eigenvalue weighted by molar-refractivity contribution is 5.37. The lowest BCUT2D eigenvalue weighted by Crippen LogP contribution is -2.20. The number of hydrogen-bond donors (Lipinski definition) is 2. The number of nitrogens with two attached hydrogens (primary N) is 1. The summed E-state index contributed by atoms with van der Waals surface area (Å²) in [7, 11) is 0. The second kappa shape index (κ2) is 4.78. The molecule has 0 aliphatic carbocycles. The van der Waals surface area contributed by atoms with Crippen LogP contribution in [0.3, 0.4) is 0 Å². The number of fused-ring (bicyclic) bond motifs is 1. The first kappa shape index (κ1) is 11.2. The second-order valence-corrected chi connectivity index (χ2v) is 4.61. The first-order chi connectivity index (χ1) is 8.84. The SMILES string of the molecule is NC(CC1CCOc2ccccc21)c1cn[nH]n1. The molecule has 1 aromatic carbocycles. The first-order valence-electron chi connectivity index (χ1n) is 6.17. The van der Waals surface area contributed by atoms with E-state index < -0.39 is 0 Å². The Morgan fingerprint density at radius 3 is 3.17 bits per heavy atom. The first-order valence-corrected chi connectivity index (χ1v) is 6.17. The van der Waals surface area contributed by atoms with Gasteiger partial charge in [-0.1, -0.05) is 18.2 Å². The summed E-state index contributed by atoms with van der Waals surface area (Å²) in [5.74, 6) is 1.42. The molecule has 2 heterocycles. The largest absolute Gasteiger partial charge is 0.493 e. The summed E-state index contributed by atoms with van der Waals surface area (Å²) in [5.41, 5.74) is 8.24. The highest BCUT2D eigenvalue weighted by Gasteiger charge is 2.24. The van der Waals surface area contributed by atoms with E-state index >= 15 is 0 Å². The fourth-order valence-corrected chi connectivity index (χ4v) is 2.48. The molecule has 18 heavy (non-hydrogen) atoms. The lowest BCUT2D eigenvalue weighted by atomic mass is 9.87. The molecule has 5 nitrogen and oxygen atoms in total. The number of rotatable bonds is 3. The Labute approximate surface area is 105 Å². The van der Waals surface area contributed by atoms with Gasteiger partial charge in [0.15, 0.2) is 0 Å². The molecule has 5 heteroatoms. The normalized spacial score (nSPS) is 19.9. The minimum atomic E-state index is -0.0834. The Balaban J connectivity index is 1.78. The number of aromatic nitrogens is 3. The van der Waals surface area contributed by atoms with Gasteiger partial charge in [0.2, 0.25) is 0 Å². The average Bonchev–Trinajstić information content (AvgIpc) is 2.93. The van der Waals surface area contributed by atoms with Crippen LogP contribution >= 0.6 is 0 Å². The Kier molecular flexibility index (Phi) is 2.98. The van der Waals surface area contributed by atoms with Crippen LogP contribution in [0.1, 0.15) is 36.1 Å². The maximum atomic E-state index is 6.16. The highest BCUT2D eigenvalue weighted by atomic mass is 16.5. The summed E-state index contributed by atoms with van der Waals surface area (Å²) in [6.45, 7) is 0.757. The molecular weight excluding hydrogens is 228 g/mol. The molecule has 2 aromatic rings. The van der Waals surface area contributed by atoms with Crippen LogP contribution in [0.15, 0.2) is 30.5 Å². The number of para-hydroxylation sites is 1. The summed E-state index contributed by atoms with van der Waals surface area (Å²) in [4.78, 5) is 0. The molecular formula is C13H16N4O. The molecule has 1 aliphatic heterocycles. The van der Waals surface area contributed by atoms with Crippen molar-refractivity contribution < 1.29 is 4.74 Å². The number of benzene rings is 1. The second-order valence-electron chi connectivity index (χ2n) is 4.61. The van der Waals surface area contributed by atoms with E-state index in [-0.39, 0.29) is 6.04 Å². The van der Waals surface area contributed by atoms with E-state index in [0.717, 1.165) is 30.9 Å². The molecule has 0 spiro atoms. The molecule has 2 atom stereocenters. The Morgan fingerprint density at radius 2 is 2.33 bits per heavy atom. The Bertz CT molecular complexity index is 511. The van der Waals surface area contributed by atoms with Crippen LogP contribution in [0.4, 0.5) is 0 Å². The Hall–Kier alpha value is -1.88. The van der Waals surface area contributed by atoms with E-state index in [4.69, 9.17) is 10.5 Å². The molecule has 0 bridgehead atoms. The van der Waals surface area contributed by atoms with E-state index in [1.165, 1.54) is 5.56 Å². The van der Waals surface area contributed by atoms with E-state index in [1.807, 2.05) is 18.2 Å². The van der Waals surface area contributed by atoms with Crippen LogP contribution in [0, 0.1) is 0 Å². The van der Waals surface area contributed by atoms with Crippen molar-refractivity contribution in [2.75, 3.05) is 6.61 Å². The summed E-state index contributed by atoms with van der Waals surface area (Å²) in [6.07, 6.45) is 3.56. The molecule has 0 saturated carbocycles.